The number of rotatable bonds is 6. The molecule has 0 spiro atoms. The minimum Gasteiger partial charge on any atom is -0.458 e. The molecule has 0 radical (unpaired) electrons. The normalized spacial score (nSPS) is 16.4. The second kappa shape index (κ2) is 7.21. The third-order valence-electron chi connectivity index (χ3n) is 4.00. The number of allylic oxidation sites excluding steroid dienone is 4. The Bertz CT molecular complexity index is 748. The van der Waals surface area contributed by atoms with E-state index in [0.29, 0.717) is 42.6 Å². The highest BCUT2D eigenvalue weighted by atomic mass is 16.7. The zero-order valence-corrected chi connectivity index (χ0v) is 13.4. The molecule has 0 amide bonds. The Labute approximate surface area is 139 Å². The smallest absolute Gasteiger partial charge is 0.230 e. The quantitative estimate of drug-likeness (QED) is 0.748. The van der Waals surface area contributed by atoms with Crippen molar-refractivity contribution >= 4 is 11.6 Å². The first kappa shape index (κ1) is 16.1. The fraction of sp³-hybridized carbons (Fsp3) is 0.333. The van der Waals surface area contributed by atoms with E-state index in [-0.39, 0.29) is 18.4 Å². The van der Waals surface area contributed by atoms with E-state index in [1.807, 2.05) is 19.1 Å². The highest BCUT2D eigenvalue weighted by Crippen LogP contribution is 2.29. The first-order valence-electron chi connectivity index (χ1n) is 7.86. The van der Waals surface area contributed by atoms with Crippen molar-refractivity contribution in [1.82, 2.24) is 10.2 Å². The number of aromatic nitrogens is 2. The van der Waals surface area contributed by atoms with Gasteiger partial charge in [-0.1, -0.05) is 6.08 Å². The van der Waals surface area contributed by atoms with Gasteiger partial charge in [-0.25, -0.2) is 0 Å². The Kier molecular flexibility index (Phi) is 4.84. The molecule has 0 bridgehead atoms. The Hall–Kier alpha value is -2.76. The van der Waals surface area contributed by atoms with Crippen LogP contribution in [0.15, 0.2) is 53.3 Å². The van der Waals surface area contributed by atoms with Gasteiger partial charge in [0.1, 0.15) is 5.76 Å². The van der Waals surface area contributed by atoms with Crippen LogP contribution in [0.2, 0.25) is 0 Å². The Morgan fingerprint density at radius 3 is 2.79 bits per heavy atom. The molecule has 0 saturated carbocycles. The van der Waals surface area contributed by atoms with Gasteiger partial charge < -0.3 is 9.47 Å². The third kappa shape index (κ3) is 3.59. The standard InChI is InChI=1S/C18H18N2O4/c1-12-9-18-17(23-11-24-18)6-5-14(12)16(22)4-2-3-15(21)13-7-8-19-20-10-13/h5,7-10H,2-4,6,11H2,1H3. The molecule has 1 aromatic rings. The minimum absolute atomic E-state index is 0.0257. The predicted octanol–water partition coefficient (Wildman–Crippen LogP) is 2.89. The van der Waals surface area contributed by atoms with Crippen LogP contribution in [0.5, 0.6) is 0 Å². The number of carbonyl (C=O) groups is 2. The van der Waals surface area contributed by atoms with Crippen molar-refractivity contribution in [2.45, 2.75) is 32.6 Å². The van der Waals surface area contributed by atoms with E-state index < -0.39 is 0 Å². The van der Waals surface area contributed by atoms with E-state index in [9.17, 15) is 9.59 Å². The van der Waals surface area contributed by atoms with Gasteiger partial charge >= 0.3 is 0 Å². The highest BCUT2D eigenvalue weighted by molar-refractivity contribution is 6.00. The lowest BCUT2D eigenvalue weighted by atomic mass is 9.97. The molecule has 24 heavy (non-hydrogen) atoms. The van der Waals surface area contributed by atoms with E-state index in [4.69, 9.17) is 9.47 Å². The van der Waals surface area contributed by atoms with Crippen molar-refractivity contribution in [2.24, 2.45) is 0 Å². The van der Waals surface area contributed by atoms with Gasteiger partial charge in [0.15, 0.2) is 17.3 Å². The molecule has 0 fully saturated rings. The lowest BCUT2D eigenvalue weighted by Gasteiger charge is -2.07. The van der Waals surface area contributed by atoms with Crippen molar-refractivity contribution in [3.05, 3.63) is 58.8 Å². The van der Waals surface area contributed by atoms with Gasteiger partial charge in [-0.05, 0) is 31.1 Å². The first-order chi connectivity index (χ1) is 11.6. The Morgan fingerprint density at radius 1 is 1.17 bits per heavy atom. The summed E-state index contributed by atoms with van der Waals surface area (Å²) in [7, 11) is 0. The van der Waals surface area contributed by atoms with E-state index in [1.54, 1.807) is 6.07 Å². The van der Waals surface area contributed by atoms with E-state index >= 15 is 0 Å². The van der Waals surface area contributed by atoms with E-state index in [1.165, 1.54) is 12.4 Å². The van der Waals surface area contributed by atoms with Gasteiger partial charge in [-0.15, -0.1) is 0 Å². The molecule has 1 aromatic heterocycles. The molecule has 3 rings (SSSR count). The molecule has 0 atom stereocenters. The summed E-state index contributed by atoms with van der Waals surface area (Å²) in [6, 6.07) is 1.63. The number of nitrogens with zero attached hydrogens (tertiary/aromatic N) is 2. The fourth-order valence-corrected chi connectivity index (χ4v) is 2.71. The van der Waals surface area contributed by atoms with Crippen LogP contribution in [0.4, 0.5) is 0 Å². The molecule has 1 aliphatic heterocycles. The van der Waals surface area contributed by atoms with E-state index in [2.05, 4.69) is 10.2 Å². The Balaban J connectivity index is 1.55. The minimum atomic E-state index is -0.0257. The van der Waals surface area contributed by atoms with Crippen molar-refractivity contribution in [3.8, 4) is 0 Å². The summed E-state index contributed by atoms with van der Waals surface area (Å²) >= 11 is 0. The summed E-state index contributed by atoms with van der Waals surface area (Å²) in [6.45, 7) is 2.12. The summed E-state index contributed by atoms with van der Waals surface area (Å²) in [4.78, 5) is 24.5. The third-order valence-corrected chi connectivity index (χ3v) is 4.00. The monoisotopic (exact) mass is 326 g/mol. The number of carbonyl (C=O) groups excluding carboxylic acids is 2. The summed E-state index contributed by atoms with van der Waals surface area (Å²) in [5.74, 6) is 1.47. The zero-order chi connectivity index (χ0) is 16.9. The maximum Gasteiger partial charge on any atom is 0.230 e. The SMILES string of the molecule is CC1=CC2=C(CC=C1C(=O)CCCC(=O)c1ccnnc1)OCO2. The molecule has 6 heteroatoms. The molecule has 2 aliphatic rings. The maximum atomic E-state index is 12.5. The van der Waals surface area contributed by atoms with Gasteiger partial charge in [0.05, 0.1) is 12.4 Å². The van der Waals surface area contributed by atoms with Crippen molar-refractivity contribution < 1.29 is 19.1 Å². The molecular weight excluding hydrogens is 308 g/mol. The molecule has 0 saturated heterocycles. The molecule has 2 heterocycles. The lowest BCUT2D eigenvalue weighted by molar-refractivity contribution is -0.115. The van der Waals surface area contributed by atoms with Crippen molar-refractivity contribution in [2.75, 3.05) is 6.79 Å². The lowest BCUT2D eigenvalue weighted by Crippen LogP contribution is -2.06. The number of hydrogen-bond donors (Lipinski definition) is 0. The van der Waals surface area contributed by atoms with Crippen LogP contribution < -0.4 is 0 Å². The van der Waals surface area contributed by atoms with Crippen LogP contribution >= 0.6 is 0 Å². The second-order valence-corrected chi connectivity index (χ2v) is 5.67. The van der Waals surface area contributed by atoms with Crippen LogP contribution in [0.1, 0.15) is 43.0 Å². The number of Topliss-reactive ketones (excluding diaryl/α,β-unsaturated/α-hetero) is 2. The molecule has 0 N–H and O–H groups in total. The van der Waals surface area contributed by atoms with Crippen LogP contribution in [0.25, 0.3) is 0 Å². The topological polar surface area (TPSA) is 78.4 Å². The zero-order valence-electron chi connectivity index (χ0n) is 13.4. The van der Waals surface area contributed by atoms with Gasteiger partial charge in [0.25, 0.3) is 0 Å². The van der Waals surface area contributed by atoms with Gasteiger partial charge in [-0.2, -0.15) is 10.2 Å². The maximum absolute atomic E-state index is 12.5. The number of hydrogen-bond acceptors (Lipinski definition) is 6. The van der Waals surface area contributed by atoms with E-state index in [0.717, 1.165) is 11.3 Å². The summed E-state index contributed by atoms with van der Waals surface area (Å²) < 4.78 is 10.8. The molecule has 124 valence electrons. The Morgan fingerprint density at radius 2 is 2.00 bits per heavy atom. The van der Waals surface area contributed by atoms with Crippen molar-refractivity contribution in [3.63, 3.8) is 0 Å². The van der Waals surface area contributed by atoms with Crippen LogP contribution in [0, 0.1) is 0 Å². The first-order valence-corrected chi connectivity index (χ1v) is 7.86. The largest absolute Gasteiger partial charge is 0.458 e. The molecule has 6 nitrogen and oxygen atoms in total. The molecular formula is C18H18N2O4. The molecule has 0 unspecified atom stereocenters. The van der Waals surface area contributed by atoms with Gasteiger partial charge in [0.2, 0.25) is 6.79 Å². The number of ether oxygens (including phenoxy) is 2. The average Bonchev–Trinajstić information content (AvgIpc) is 2.96. The van der Waals surface area contributed by atoms with Crippen LogP contribution in [-0.4, -0.2) is 28.6 Å². The molecule has 0 aromatic carbocycles. The summed E-state index contributed by atoms with van der Waals surface area (Å²) in [6.07, 6.45) is 8.34. The van der Waals surface area contributed by atoms with Crippen molar-refractivity contribution in [1.29, 1.82) is 0 Å². The predicted molar refractivity (Wildman–Crippen MR) is 85.7 cm³/mol. The van der Waals surface area contributed by atoms with Crippen LogP contribution in [-0.2, 0) is 14.3 Å². The summed E-state index contributed by atoms with van der Waals surface area (Å²) in [5, 5.41) is 7.33. The fourth-order valence-electron chi connectivity index (χ4n) is 2.71. The highest BCUT2D eigenvalue weighted by Gasteiger charge is 2.21. The number of ketones is 2. The average molecular weight is 326 g/mol. The van der Waals surface area contributed by atoms with Gasteiger partial charge in [0, 0.05) is 30.4 Å². The second-order valence-electron chi connectivity index (χ2n) is 5.67. The van der Waals surface area contributed by atoms with Crippen LogP contribution in [0.3, 0.4) is 0 Å². The molecule has 1 aliphatic carbocycles. The van der Waals surface area contributed by atoms with Gasteiger partial charge in [-0.3, -0.25) is 9.59 Å². The summed E-state index contributed by atoms with van der Waals surface area (Å²) in [5.41, 5.74) is 2.06.